The zero-order valence-corrected chi connectivity index (χ0v) is 11.1. The minimum Gasteiger partial charge on any atom is -0.382 e. The van der Waals surface area contributed by atoms with E-state index in [-0.39, 0.29) is 6.10 Å². The highest BCUT2D eigenvalue weighted by Gasteiger charge is 2.30. The van der Waals surface area contributed by atoms with Crippen LogP contribution >= 0.6 is 15.9 Å². The van der Waals surface area contributed by atoms with Crippen LogP contribution in [-0.4, -0.2) is 19.3 Å². The summed E-state index contributed by atoms with van der Waals surface area (Å²) >= 11 is 3.15. The number of halogens is 4. The largest absolute Gasteiger partial charge is 0.416 e. The lowest BCUT2D eigenvalue weighted by molar-refractivity contribution is -0.137. The number of nitrogens with one attached hydrogen (secondary N) is 1. The average molecular weight is 324 g/mol. The van der Waals surface area contributed by atoms with Crippen molar-refractivity contribution in [3.05, 3.63) is 28.2 Å². The molecule has 1 aliphatic heterocycles. The van der Waals surface area contributed by atoms with Crippen molar-refractivity contribution in [3.63, 3.8) is 0 Å². The predicted octanol–water partition coefficient (Wildman–Crippen LogP) is 4.06. The molecule has 0 bridgehead atoms. The molecule has 1 saturated heterocycles. The lowest BCUT2D eigenvalue weighted by Gasteiger charge is -2.14. The molecule has 6 heteroatoms. The van der Waals surface area contributed by atoms with Gasteiger partial charge in [0.25, 0.3) is 0 Å². The first-order valence-corrected chi connectivity index (χ1v) is 6.48. The quantitative estimate of drug-likeness (QED) is 0.905. The Bertz CT molecular complexity index is 416. The third-order valence-electron chi connectivity index (χ3n) is 2.84. The third kappa shape index (κ3) is 3.38. The van der Waals surface area contributed by atoms with Crippen molar-refractivity contribution in [2.75, 3.05) is 18.5 Å². The van der Waals surface area contributed by atoms with Gasteiger partial charge in [0.1, 0.15) is 0 Å². The second kappa shape index (κ2) is 5.48. The van der Waals surface area contributed by atoms with Crippen LogP contribution in [0.4, 0.5) is 18.9 Å². The summed E-state index contributed by atoms with van der Waals surface area (Å²) in [7, 11) is 0. The van der Waals surface area contributed by atoms with Gasteiger partial charge in [0.05, 0.1) is 11.7 Å². The second-order valence-corrected chi connectivity index (χ2v) is 5.06. The van der Waals surface area contributed by atoms with E-state index in [1.165, 1.54) is 6.07 Å². The molecule has 0 spiro atoms. The summed E-state index contributed by atoms with van der Waals surface area (Å²) in [6.07, 6.45) is -2.12. The zero-order chi connectivity index (χ0) is 13.2. The average Bonchev–Trinajstić information content (AvgIpc) is 2.79. The molecule has 0 amide bonds. The van der Waals surface area contributed by atoms with Gasteiger partial charge >= 0.3 is 6.18 Å². The molecular formula is C12H13BrF3NO. The lowest BCUT2D eigenvalue weighted by Crippen LogP contribution is -2.18. The summed E-state index contributed by atoms with van der Waals surface area (Å²) in [6.45, 7) is 1.38. The molecule has 2 nitrogen and oxygen atoms in total. The van der Waals surface area contributed by atoms with Crippen LogP contribution in [0.25, 0.3) is 0 Å². The minimum atomic E-state index is -4.31. The van der Waals surface area contributed by atoms with Gasteiger partial charge in [-0.2, -0.15) is 13.2 Å². The van der Waals surface area contributed by atoms with Gasteiger partial charge in [0, 0.05) is 23.3 Å². The van der Waals surface area contributed by atoms with Gasteiger partial charge in [-0.25, -0.2) is 0 Å². The lowest BCUT2D eigenvalue weighted by atomic mass is 10.2. The highest BCUT2D eigenvalue weighted by Crippen LogP contribution is 2.34. The van der Waals surface area contributed by atoms with Gasteiger partial charge in [-0.05, 0) is 47.0 Å². The molecule has 0 aromatic heterocycles. The Morgan fingerprint density at radius 1 is 1.39 bits per heavy atom. The Labute approximate surface area is 112 Å². The van der Waals surface area contributed by atoms with Crippen LogP contribution in [0.15, 0.2) is 22.7 Å². The maximum absolute atomic E-state index is 12.5. The molecule has 100 valence electrons. The third-order valence-corrected chi connectivity index (χ3v) is 3.50. The first-order chi connectivity index (χ1) is 8.47. The van der Waals surface area contributed by atoms with E-state index in [2.05, 4.69) is 21.2 Å². The monoisotopic (exact) mass is 323 g/mol. The normalized spacial score (nSPS) is 20.1. The highest BCUT2D eigenvalue weighted by atomic mass is 79.9. The fourth-order valence-corrected chi connectivity index (χ4v) is 2.38. The molecule has 0 aliphatic carbocycles. The summed E-state index contributed by atoms with van der Waals surface area (Å²) in [4.78, 5) is 0. The van der Waals surface area contributed by atoms with Crippen LogP contribution in [0.1, 0.15) is 18.4 Å². The van der Waals surface area contributed by atoms with Gasteiger partial charge in [0.15, 0.2) is 0 Å². The van der Waals surface area contributed by atoms with Crippen LogP contribution in [-0.2, 0) is 10.9 Å². The topological polar surface area (TPSA) is 21.3 Å². The van der Waals surface area contributed by atoms with Crippen LogP contribution < -0.4 is 5.32 Å². The maximum Gasteiger partial charge on any atom is 0.416 e. The highest BCUT2D eigenvalue weighted by molar-refractivity contribution is 9.10. The number of benzene rings is 1. The van der Waals surface area contributed by atoms with Crippen LogP contribution in [0, 0.1) is 0 Å². The van der Waals surface area contributed by atoms with Gasteiger partial charge in [-0.3, -0.25) is 0 Å². The number of rotatable bonds is 3. The maximum atomic E-state index is 12.5. The van der Waals surface area contributed by atoms with Crippen molar-refractivity contribution in [2.45, 2.75) is 25.1 Å². The van der Waals surface area contributed by atoms with Crippen molar-refractivity contribution in [1.29, 1.82) is 0 Å². The van der Waals surface area contributed by atoms with Crippen molar-refractivity contribution in [1.82, 2.24) is 0 Å². The van der Waals surface area contributed by atoms with Crippen LogP contribution in [0.2, 0.25) is 0 Å². The van der Waals surface area contributed by atoms with Crippen molar-refractivity contribution in [2.24, 2.45) is 0 Å². The van der Waals surface area contributed by atoms with Crippen molar-refractivity contribution < 1.29 is 17.9 Å². The number of ether oxygens (including phenoxy) is 1. The number of hydrogen-bond donors (Lipinski definition) is 1. The Kier molecular flexibility index (Phi) is 4.17. The number of hydrogen-bond acceptors (Lipinski definition) is 2. The summed E-state index contributed by atoms with van der Waals surface area (Å²) in [5.74, 6) is 0. The Hall–Kier alpha value is -0.750. The summed E-state index contributed by atoms with van der Waals surface area (Å²) in [6, 6.07) is 3.59. The van der Waals surface area contributed by atoms with E-state index in [0.29, 0.717) is 16.7 Å². The van der Waals surface area contributed by atoms with E-state index in [4.69, 9.17) is 4.74 Å². The van der Waals surface area contributed by atoms with Gasteiger partial charge < -0.3 is 10.1 Å². The van der Waals surface area contributed by atoms with E-state index in [0.717, 1.165) is 31.6 Å². The predicted molar refractivity (Wildman–Crippen MR) is 66.6 cm³/mol. The van der Waals surface area contributed by atoms with E-state index in [9.17, 15) is 13.2 Å². The Balaban J connectivity index is 2.01. The molecule has 1 heterocycles. The fraction of sp³-hybridized carbons (Fsp3) is 0.500. The first kappa shape index (κ1) is 13.7. The SMILES string of the molecule is FC(F)(F)c1ccc(NCC2CCCO2)c(Br)c1. The Morgan fingerprint density at radius 3 is 2.72 bits per heavy atom. The summed E-state index contributed by atoms with van der Waals surface area (Å²) in [5.41, 5.74) is -0.00413. The molecule has 1 N–H and O–H groups in total. The fourth-order valence-electron chi connectivity index (χ4n) is 1.86. The smallest absolute Gasteiger partial charge is 0.382 e. The molecule has 1 fully saturated rings. The summed E-state index contributed by atoms with van der Waals surface area (Å²) < 4.78 is 43.3. The number of alkyl halides is 3. The molecule has 1 atom stereocenters. The molecule has 0 radical (unpaired) electrons. The van der Waals surface area contributed by atoms with E-state index in [1.54, 1.807) is 0 Å². The molecule has 1 aromatic carbocycles. The second-order valence-electron chi connectivity index (χ2n) is 4.21. The van der Waals surface area contributed by atoms with E-state index >= 15 is 0 Å². The minimum absolute atomic E-state index is 0.152. The molecule has 2 rings (SSSR count). The molecular weight excluding hydrogens is 311 g/mol. The van der Waals surface area contributed by atoms with E-state index in [1.807, 2.05) is 0 Å². The van der Waals surface area contributed by atoms with E-state index < -0.39 is 11.7 Å². The Morgan fingerprint density at radius 2 is 2.17 bits per heavy atom. The van der Waals surface area contributed by atoms with Gasteiger partial charge in [0.2, 0.25) is 0 Å². The zero-order valence-electron chi connectivity index (χ0n) is 9.56. The van der Waals surface area contributed by atoms with Crippen molar-refractivity contribution >= 4 is 21.6 Å². The standard InChI is InChI=1S/C12H13BrF3NO/c13-10-6-8(12(14,15)16)3-4-11(10)17-7-9-2-1-5-18-9/h3-4,6,9,17H,1-2,5,7H2. The van der Waals surface area contributed by atoms with Gasteiger partial charge in [-0.15, -0.1) is 0 Å². The molecule has 18 heavy (non-hydrogen) atoms. The van der Waals surface area contributed by atoms with Crippen molar-refractivity contribution in [3.8, 4) is 0 Å². The van der Waals surface area contributed by atoms with Gasteiger partial charge in [-0.1, -0.05) is 0 Å². The molecule has 1 aromatic rings. The summed E-state index contributed by atoms with van der Waals surface area (Å²) in [5, 5.41) is 3.09. The number of anilines is 1. The van der Waals surface area contributed by atoms with Crippen LogP contribution in [0.3, 0.4) is 0 Å². The molecule has 0 saturated carbocycles. The molecule has 1 unspecified atom stereocenters. The molecule has 1 aliphatic rings. The van der Waals surface area contributed by atoms with Crippen LogP contribution in [0.5, 0.6) is 0 Å². The first-order valence-electron chi connectivity index (χ1n) is 5.69.